The smallest absolute Gasteiger partial charge is 0.263 e. The van der Waals surface area contributed by atoms with Crippen molar-refractivity contribution in [2.24, 2.45) is 0 Å². The van der Waals surface area contributed by atoms with E-state index in [2.05, 4.69) is 5.32 Å². The summed E-state index contributed by atoms with van der Waals surface area (Å²) in [5.41, 5.74) is 2.43. The van der Waals surface area contributed by atoms with E-state index in [0.29, 0.717) is 25.1 Å². The van der Waals surface area contributed by atoms with E-state index in [1.165, 1.54) is 0 Å². The molecule has 1 aromatic heterocycles. The zero-order valence-electron chi connectivity index (χ0n) is 13.8. The minimum Gasteiger partial charge on any atom is -0.380 e. The third kappa shape index (κ3) is 3.57. The molecule has 1 saturated heterocycles. The molecule has 3 rings (SSSR count). The summed E-state index contributed by atoms with van der Waals surface area (Å²) >= 11 is 0. The molecular formula is C19H22N2O3. The van der Waals surface area contributed by atoms with Crippen LogP contribution < -0.4 is 10.9 Å². The predicted molar refractivity (Wildman–Crippen MR) is 93.6 cm³/mol. The Balaban J connectivity index is 1.84. The lowest BCUT2D eigenvalue weighted by atomic mass is 10.1. The van der Waals surface area contributed by atoms with E-state index in [4.69, 9.17) is 4.74 Å². The fourth-order valence-electron chi connectivity index (χ4n) is 3.06. The number of pyridine rings is 1. The van der Waals surface area contributed by atoms with Crippen LogP contribution in [0.1, 0.15) is 34.5 Å². The van der Waals surface area contributed by atoms with Gasteiger partial charge in [-0.15, -0.1) is 0 Å². The Morgan fingerprint density at radius 3 is 2.79 bits per heavy atom. The first-order valence-corrected chi connectivity index (χ1v) is 8.28. The topological polar surface area (TPSA) is 60.3 Å². The van der Waals surface area contributed by atoms with Crippen molar-refractivity contribution >= 4 is 12.0 Å². The van der Waals surface area contributed by atoms with Gasteiger partial charge in [0.25, 0.3) is 5.56 Å². The second-order valence-electron chi connectivity index (χ2n) is 6.12. The number of carbonyl (C=O) groups is 1. The van der Waals surface area contributed by atoms with Crippen LogP contribution in [0.2, 0.25) is 0 Å². The van der Waals surface area contributed by atoms with Gasteiger partial charge in [0.2, 0.25) is 0 Å². The molecule has 2 aromatic rings. The molecule has 0 amide bonds. The molecule has 1 aliphatic rings. The van der Waals surface area contributed by atoms with Crippen molar-refractivity contribution < 1.29 is 9.53 Å². The second-order valence-corrected chi connectivity index (χ2v) is 6.12. The van der Waals surface area contributed by atoms with Crippen molar-refractivity contribution in [3.05, 3.63) is 63.6 Å². The molecule has 0 radical (unpaired) electrons. The summed E-state index contributed by atoms with van der Waals surface area (Å²) in [7, 11) is 0. The Hall–Kier alpha value is -2.40. The molecule has 1 aromatic carbocycles. The predicted octanol–water partition coefficient (Wildman–Crippen LogP) is 2.76. The molecule has 126 valence electrons. The third-order valence-electron chi connectivity index (χ3n) is 4.40. The molecular weight excluding hydrogens is 304 g/mol. The lowest BCUT2D eigenvalue weighted by Gasteiger charge is -2.17. The second kappa shape index (κ2) is 7.45. The van der Waals surface area contributed by atoms with Crippen molar-refractivity contribution in [2.75, 3.05) is 11.9 Å². The van der Waals surface area contributed by atoms with Crippen LogP contribution in [-0.2, 0) is 17.8 Å². The largest absolute Gasteiger partial charge is 0.380 e. The van der Waals surface area contributed by atoms with Crippen molar-refractivity contribution in [2.45, 2.75) is 39.0 Å². The van der Waals surface area contributed by atoms with E-state index in [9.17, 15) is 9.59 Å². The summed E-state index contributed by atoms with van der Waals surface area (Å²) in [5.74, 6) is 0. The first-order valence-electron chi connectivity index (χ1n) is 8.28. The number of hydrogen-bond acceptors (Lipinski definition) is 4. The number of aromatic nitrogens is 1. The van der Waals surface area contributed by atoms with Crippen LogP contribution in [-0.4, -0.2) is 23.6 Å². The van der Waals surface area contributed by atoms with Crippen molar-refractivity contribution in [1.82, 2.24) is 4.57 Å². The highest BCUT2D eigenvalue weighted by atomic mass is 16.5. The number of anilines is 1. The van der Waals surface area contributed by atoms with Crippen LogP contribution in [0.4, 0.5) is 5.69 Å². The Morgan fingerprint density at radius 2 is 2.12 bits per heavy atom. The molecule has 0 spiro atoms. The summed E-state index contributed by atoms with van der Waals surface area (Å²) in [5, 5.41) is 3.21. The quantitative estimate of drug-likeness (QED) is 0.829. The third-order valence-corrected chi connectivity index (χ3v) is 4.40. The van der Waals surface area contributed by atoms with E-state index >= 15 is 0 Å². The van der Waals surface area contributed by atoms with Gasteiger partial charge in [0.1, 0.15) is 5.56 Å². The average Bonchev–Trinajstić information content (AvgIpc) is 3.11. The number of ether oxygens (including phenoxy) is 1. The summed E-state index contributed by atoms with van der Waals surface area (Å²) in [6, 6.07) is 11.7. The number of benzene rings is 1. The summed E-state index contributed by atoms with van der Waals surface area (Å²) in [6.45, 7) is 3.70. The zero-order chi connectivity index (χ0) is 16.9. The number of rotatable bonds is 6. The normalized spacial score (nSPS) is 17.0. The molecule has 1 aliphatic heterocycles. The van der Waals surface area contributed by atoms with Gasteiger partial charge < -0.3 is 14.6 Å². The van der Waals surface area contributed by atoms with Crippen molar-refractivity contribution in [3.8, 4) is 0 Å². The van der Waals surface area contributed by atoms with E-state index < -0.39 is 0 Å². The molecule has 24 heavy (non-hydrogen) atoms. The highest BCUT2D eigenvalue weighted by Crippen LogP contribution is 2.17. The number of hydrogen-bond donors (Lipinski definition) is 1. The van der Waals surface area contributed by atoms with Gasteiger partial charge in [-0.2, -0.15) is 0 Å². The molecule has 0 bridgehead atoms. The highest BCUT2D eigenvalue weighted by molar-refractivity contribution is 5.83. The lowest BCUT2D eigenvalue weighted by Crippen LogP contribution is -2.31. The van der Waals surface area contributed by atoms with Crippen LogP contribution in [0, 0.1) is 6.92 Å². The molecule has 1 atom stereocenters. The summed E-state index contributed by atoms with van der Waals surface area (Å²) in [6.07, 6.45) is 2.68. The van der Waals surface area contributed by atoms with Gasteiger partial charge in [-0.1, -0.05) is 30.3 Å². The number of aryl methyl sites for hydroxylation is 1. The van der Waals surface area contributed by atoms with Gasteiger partial charge >= 0.3 is 0 Å². The summed E-state index contributed by atoms with van der Waals surface area (Å²) < 4.78 is 7.26. The SMILES string of the molecule is Cc1cc(NCc2ccccc2)c(C=O)c(=O)n1C[C@H]1CCCO1. The Bertz CT molecular complexity index is 762. The lowest BCUT2D eigenvalue weighted by molar-refractivity contribution is 0.0953. The molecule has 0 unspecified atom stereocenters. The van der Waals surface area contributed by atoms with Gasteiger partial charge in [0.15, 0.2) is 6.29 Å². The minimum atomic E-state index is -0.254. The Labute approximate surface area is 141 Å². The zero-order valence-corrected chi connectivity index (χ0v) is 13.8. The molecule has 1 fully saturated rings. The van der Waals surface area contributed by atoms with Crippen LogP contribution in [0.5, 0.6) is 0 Å². The fraction of sp³-hybridized carbons (Fsp3) is 0.368. The van der Waals surface area contributed by atoms with Gasteiger partial charge in [-0.05, 0) is 31.4 Å². The highest BCUT2D eigenvalue weighted by Gasteiger charge is 2.19. The molecule has 2 heterocycles. The monoisotopic (exact) mass is 326 g/mol. The van der Waals surface area contributed by atoms with Gasteiger partial charge in [0, 0.05) is 18.8 Å². The van der Waals surface area contributed by atoms with Gasteiger partial charge in [-0.25, -0.2) is 0 Å². The van der Waals surface area contributed by atoms with Gasteiger partial charge in [-0.3, -0.25) is 9.59 Å². The molecule has 0 saturated carbocycles. The molecule has 5 heteroatoms. The maximum Gasteiger partial charge on any atom is 0.263 e. The van der Waals surface area contributed by atoms with E-state index in [1.807, 2.05) is 43.3 Å². The van der Waals surface area contributed by atoms with Crippen LogP contribution in [0.3, 0.4) is 0 Å². The van der Waals surface area contributed by atoms with E-state index in [1.54, 1.807) is 4.57 Å². The van der Waals surface area contributed by atoms with E-state index in [-0.39, 0.29) is 17.2 Å². The Morgan fingerprint density at radius 1 is 1.33 bits per heavy atom. The maximum atomic E-state index is 12.7. The summed E-state index contributed by atoms with van der Waals surface area (Å²) in [4.78, 5) is 24.2. The van der Waals surface area contributed by atoms with E-state index in [0.717, 1.165) is 30.7 Å². The number of aldehydes is 1. The Kier molecular flexibility index (Phi) is 5.11. The van der Waals surface area contributed by atoms with Crippen molar-refractivity contribution in [1.29, 1.82) is 0 Å². The van der Waals surface area contributed by atoms with Crippen LogP contribution in [0.25, 0.3) is 0 Å². The molecule has 1 N–H and O–H groups in total. The average molecular weight is 326 g/mol. The van der Waals surface area contributed by atoms with Crippen LogP contribution in [0.15, 0.2) is 41.2 Å². The number of nitrogens with zero attached hydrogens (tertiary/aromatic N) is 1. The number of nitrogens with one attached hydrogen (secondary N) is 1. The minimum absolute atomic E-state index is 0.0593. The van der Waals surface area contributed by atoms with Crippen LogP contribution >= 0.6 is 0 Å². The standard InChI is InChI=1S/C19H22N2O3/c1-14-10-18(20-11-15-6-3-2-4-7-15)17(13-22)19(23)21(14)12-16-8-5-9-24-16/h2-4,6-7,10,13,16,20H,5,8-9,11-12H2,1H3/t16-/m1/s1. The van der Waals surface area contributed by atoms with Crippen molar-refractivity contribution in [3.63, 3.8) is 0 Å². The fourth-order valence-corrected chi connectivity index (χ4v) is 3.06. The van der Waals surface area contributed by atoms with Gasteiger partial charge in [0.05, 0.1) is 18.3 Å². The molecule has 0 aliphatic carbocycles. The number of carbonyl (C=O) groups excluding carboxylic acids is 1. The maximum absolute atomic E-state index is 12.7. The first kappa shape index (κ1) is 16.5. The molecule has 5 nitrogen and oxygen atoms in total. The first-order chi connectivity index (χ1) is 11.7.